The quantitative estimate of drug-likeness (QED) is 0.483. The van der Waals surface area contributed by atoms with Gasteiger partial charge in [-0.05, 0) is 71.0 Å². The summed E-state index contributed by atoms with van der Waals surface area (Å²) in [4.78, 5) is 12.0. The number of ether oxygens (including phenoxy) is 2. The standard InChI is InChI=1S/C21H26BNO5/c1-6-25-19(24)14-8-7-9-16(12-14)26-18-11-10-15(23)13-17(18)22-27-20(2,3)21(4,5)28-22/h7-13H,6,23H2,1-5H3. The number of carbonyl (C=O) groups is 1. The van der Waals surface area contributed by atoms with Crippen molar-refractivity contribution in [3.8, 4) is 11.5 Å². The molecule has 1 saturated heterocycles. The number of hydrogen-bond acceptors (Lipinski definition) is 6. The van der Waals surface area contributed by atoms with Gasteiger partial charge in [0.15, 0.2) is 0 Å². The third-order valence-corrected chi connectivity index (χ3v) is 5.11. The lowest BCUT2D eigenvalue weighted by molar-refractivity contribution is 0.00578. The van der Waals surface area contributed by atoms with Crippen molar-refractivity contribution < 1.29 is 23.6 Å². The van der Waals surface area contributed by atoms with E-state index in [0.29, 0.717) is 34.8 Å². The molecule has 0 radical (unpaired) electrons. The number of carbonyl (C=O) groups excluding carboxylic acids is 1. The average molecular weight is 383 g/mol. The van der Waals surface area contributed by atoms with Crippen molar-refractivity contribution in [1.82, 2.24) is 0 Å². The van der Waals surface area contributed by atoms with Crippen LogP contribution in [0.15, 0.2) is 42.5 Å². The van der Waals surface area contributed by atoms with E-state index in [-0.39, 0.29) is 0 Å². The van der Waals surface area contributed by atoms with Gasteiger partial charge in [-0.1, -0.05) is 6.07 Å². The van der Waals surface area contributed by atoms with Crippen LogP contribution in [0.25, 0.3) is 0 Å². The van der Waals surface area contributed by atoms with Crippen LogP contribution >= 0.6 is 0 Å². The number of benzene rings is 2. The summed E-state index contributed by atoms with van der Waals surface area (Å²) in [5.74, 6) is 0.665. The zero-order valence-corrected chi connectivity index (χ0v) is 16.9. The van der Waals surface area contributed by atoms with Gasteiger partial charge in [0.25, 0.3) is 0 Å². The number of nitrogens with two attached hydrogens (primary N) is 1. The van der Waals surface area contributed by atoms with Crippen LogP contribution in [-0.4, -0.2) is 30.9 Å². The summed E-state index contributed by atoms with van der Waals surface area (Å²) >= 11 is 0. The van der Waals surface area contributed by atoms with Crippen molar-refractivity contribution in [2.45, 2.75) is 45.8 Å². The van der Waals surface area contributed by atoms with E-state index in [1.165, 1.54) is 0 Å². The number of nitrogen functional groups attached to an aromatic ring is 1. The van der Waals surface area contributed by atoms with E-state index in [0.717, 1.165) is 0 Å². The predicted molar refractivity (Wildman–Crippen MR) is 109 cm³/mol. The molecular formula is C21H26BNO5. The first-order valence-electron chi connectivity index (χ1n) is 9.33. The lowest BCUT2D eigenvalue weighted by Crippen LogP contribution is -2.41. The second kappa shape index (κ2) is 7.49. The number of rotatable bonds is 5. The molecule has 0 aliphatic carbocycles. The lowest BCUT2D eigenvalue weighted by Gasteiger charge is -2.32. The van der Waals surface area contributed by atoms with Crippen molar-refractivity contribution in [1.29, 1.82) is 0 Å². The molecule has 0 unspecified atom stereocenters. The Labute approximate surface area is 166 Å². The summed E-state index contributed by atoms with van der Waals surface area (Å²) in [5.41, 5.74) is 6.73. The smallest absolute Gasteiger partial charge is 0.462 e. The van der Waals surface area contributed by atoms with E-state index >= 15 is 0 Å². The van der Waals surface area contributed by atoms with Gasteiger partial charge in [-0.3, -0.25) is 0 Å². The van der Waals surface area contributed by atoms with Gasteiger partial charge >= 0.3 is 13.1 Å². The molecule has 1 aliphatic heterocycles. The highest BCUT2D eigenvalue weighted by atomic mass is 16.7. The monoisotopic (exact) mass is 383 g/mol. The van der Waals surface area contributed by atoms with Gasteiger partial charge in [0.05, 0.1) is 23.4 Å². The molecule has 28 heavy (non-hydrogen) atoms. The molecule has 7 heteroatoms. The molecule has 2 N–H and O–H groups in total. The maximum absolute atomic E-state index is 12.0. The van der Waals surface area contributed by atoms with E-state index in [1.54, 1.807) is 49.4 Å². The fourth-order valence-corrected chi connectivity index (χ4v) is 2.84. The van der Waals surface area contributed by atoms with Crippen LogP contribution in [-0.2, 0) is 14.0 Å². The van der Waals surface area contributed by atoms with E-state index in [4.69, 9.17) is 24.5 Å². The van der Waals surface area contributed by atoms with Gasteiger partial charge in [0, 0.05) is 11.2 Å². The summed E-state index contributed by atoms with van der Waals surface area (Å²) in [5, 5.41) is 0. The predicted octanol–water partition coefficient (Wildman–Crippen LogP) is 3.54. The Balaban J connectivity index is 1.91. The number of esters is 1. The molecule has 0 amide bonds. The van der Waals surface area contributed by atoms with Gasteiger partial charge < -0.3 is 24.5 Å². The molecule has 3 rings (SSSR count). The minimum absolute atomic E-state index is 0.313. The zero-order chi connectivity index (χ0) is 20.5. The molecular weight excluding hydrogens is 357 g/mol. The Morgan fingerprint density at radius 3 is 2.39 bits per heavy atom. The van der Waals surface area contributed by atoms with Crippen molar-refractivity contribution in [2.24, 2.45) is 0 Å². The lowest BCUT2D eigenvalue weighted by atomic mass is 9.78. The Morgan fingerprint density at radius 2 is 1.75 bits per heavy atom. The SMILES string of the molecule is CCOC(=O)c1cccc(Oc2ccc(N)cc2B2OC(C)(C)C(C)(C)O2)c1. The molecule has 0 spiro atoms. The van der Waals surface area contributed by atoms with Gasteiger partial charge in [-0.25, -0.2) is 4.79 Å². The van der Waals surface area contributed by atoms with Crippen LogP contribution < -0.4 is 15.9 Å². The maximum atomic E-state index is 12.0. The summed E-state index contributed by atoms with van der Waals surface area (Å²) in [7, 11) is -0.614. The van der Waals surface area contributed by atoms with Crippen LogP contribution in [0.2, 0.25) is 0 Å². The molecule has 1 fully saturated rings. The van der Waals surface area contributed by atoms with Gasteiger partial charge in [0.2, 0.25) is 0 Å². The molecule has 0 atom stereocenters. The van der Waals surface area contributed by atoms with Gasteiger partial charge in [0.1, 0.15) is 11.5 Å². The largest absolute Gasteiger partial charge is 0.498 e. The molecule has 148 valence electrons. The minimum atomic E-state index is -0.614. The highest BCUT2D eigenvalue weighted by Crippen LogP contribution is 2.37. The zero-order valence-electron chi connectivity index (χ0n) is 16.9. The molecule has 1 aliphatic rings. The molecule has 0 aromatic heterocycles. The van der Waals surface area contributed by atoms with Crippen LogP contribution in [0.1, 0.15) is 45.0 Å². The number of anilines is 1. The topological polar surface area (TPSA) is 80.0 Å². The molecule has 1 heterocycles. The third kappa shape index (κ3) is 4.00. The van der Waals surface area contributed by atoms with Crippen LogP contribution in [0.3, 0.4) is 0 Å². The Bertz CT molecular complexity index is 865. The Kier molecular flexibility index (Phi) is 5.41. The highest BCUT2D eigenvalue weighted by Gasteiger charge is 2.52. The van der Waals surface area contributed by atoms with E-state index < -0.39 is 24.3 Å². The Hall–Kier alpha value is -2.51. The van der Waals surface area contributed by atoms with Crippen LogP contribution in [0.5, 0.6) is 11.5 Å². The normalized spacial score (nSPS) is 17.4. The maximum Gasteiger partial charge on any atom is 0.498 e. The molecule has 0 saturated carbocycles. The Morgan fingerprint density at radius 1 is 1.07 bits per heavy atom. The summed E-state index contributed by atoms with van der Waals surface area (Å²) in [6.45, 7) is 10.0. The number of hydrogen-bond donors (Lipinski definition) is 1. The van der Waals surface area contributed by atoms with Gasteiger partial charge in [-0.15, -0.1) is 0 Å². The van der Waals surface area contributed by atoms with Crippen molar-refractivity contribution >= 4 is 24.2 Å². The first-order valence-corrected chi connectivity index (χ1v) is 9.33. The summed E-state index contributed by atoms with van der Waals surface area (Å²) < 4.78 is 23.4. The van der Waals surface area contributed by atoms with Crippen molar-refractivity contribution in [3.05, 3.63) is 48.0 Å². The second-order valence-corrected chi connectivity index (χ2v) is 7.74. The van der Waals surface area contributed by atoms with E-state index in [2.05, 4.69) is 0 Å². The molecule has 6 nitrogen and oxygen atoms in total. The van der Waals surface area contributed by atoms with Crippen LogP contribution in [0.4, 0.5) is 5.69 Å². The first kappa shape index (κ1) is 20.2. The van der Waals surface area contributed by atoms with E-state index in [1.807, 2.05) is 27.7 Å². The average Bonchev–Trinajstić information content (AvgIpc) is 2.84. The second-order valence-electron chi connectivity index (χ2n) is 7.74. The minimum Gasteiger partial charge on any atom is -0.462 e. The highest BCUT2D eigenvalue weighted by molar-refractivity contribution is 6.63. The molecule has 2 aromatic rings. The summed E-state index contributed by atoms with van der Waals surface area (Å²) in [6, 6.07) is 12.1. The van der Waals surface area contributed by atoms with Crippen LogP contribution in [0, 0.1) is 0 Å². The fraction of sp³-hybridized carbons (Fsp3) is 0.381. The fourth-order valence-electron chi connectivity index (χ4n) is 2.84. The van der Waals surface area contributed by atoms with E-state index in [9.17, 15) is 4.79 Å². The molecule has 2 aromatic carbocycles. The third-order valence-electron chi connectivity index (χ3n) is 5.11. The first-order chi connectivity index (χ1) is 13.1. The van der Waals surface area contributed by atoms with Crippen molar-refractivity contribution in [3.63, 3.8) is 0 Å². The molecule has 0 bridgehead atoms. The van der Waals surface area contributed by atoms with Crippen molar-refractivity contribution in [2.75, 3.05) is 12.3 Å². The van der Waals surface area contributed by atoms with Gasteiger partial charge in [-0.2, -0.15) is 0 Å². The summed E-state index contributed by atoms with van der Waals surface area (Å²) in [6.07, 6.45) is 0.